The molecule has 0 amide bonds. The van der Waals surface area contributed by atoms with Crippen LogP contribution in [-0.4, -0.2) is 72.1 Å². The summed E-state index contributed by atoms with van der Waals surface area (Å²) in [5.74, 6) is 0.339. The molecule has 2 aliphatic carbocycles. The summed E-state index contributed by atoms with van der Waals surface area (Å²) in [7, 11) is -3.74. The zero-order chi connectivity index (χ0) is 29.2. The van der Waals surface area contributed by atoms with Crippen LogP contribution in [0.15, 0.2) is 55.1 Å². The van der Waals surface area contributed by atoms with Gasteiger partial charge in [0.15, 0.2) is 11.5 Å². The highest BCUT2D eigenvalue weighted by Crippen LogP contribution is 2.66. The van der Waals surface area contributed by atoms with Crippen molar-refractivity contribution in [2.75, 3.05) is 19.6 Å². The monoisotopic (exact) mass is 580 g/mol. The number of sulfonamides is 1. The Hall–Kier alpha value is -2.72. The van der Waals surface area contributed by atoms with Crippen molar-refractivity contribution in [3.8, 4) is 11.5 Å². The Morgan fingerprint density at radius 3 is 2.68 bits per heavy atom. The van der Waals surface area contributed by atoms with Crippen molar-refractivity contribution < 1.29 is 27.8 Å². The fourth-order valence-corrected chi connectivity index (χ4v) is 10.1. The molecule has 2 aliphatic heterocycles. The Morgan fingerprint density at radius 2 is 2.00 bits per heavy atom. The lowest BCUT2D eigenvalue weighted by atomic mass is 9.48. The number of aliphatic hydroxyl groups is 1. The second kappa shape index (κ2) is 10.2. The first-order valence-electron chi connectivity index (χ1n) is 14.6. The van der Waals surface area contributed by atoms with Gasteiger partial charge in [0.05, 0.1) is 22.8 Å². The zero-order valence-corrected chi connectivity index (χ0v) is 24.9. The van der Waals surface area contributed by atoms with Crippen LogP contribution in [0, 0.1) is 5.92 Å². The molecule has 0 unspecified atom stereocenters. The summed E-state index contributed by atoms with van der Waals surface area (Å²) in [6.45, 7) is 11.1. The van der Waals surface area contributed by atoms with E-state index >= 15 is 0 Å². The highest BCUT2D eigenvalue weighted by molar-refractivity contribution is 7.88. The first kappa shape index (κ1) is 28.4. The molecule has 2 aromatic carbocycles. The molecular formula is C32H40N2O6S. The summed E-state index contributed by atoms with van der Waals surface area (Å²) in [5.41, 5.74) is 0.736. The number of piperidine rings is 1. The highest BCUT2D eigenvalue weighted by atomic mass is 32.2. The van der Waals surface area contributed by atoms with E-state index in [0.717, 1.165) is 23.2 Å². The average Bonchev–Trinajstić information content (AvgIpc) is 3.26. The first-order valence-corrected chi connectivity index (χ1v) is 16.2. The van der Waals surface area contributed by atoms with E-state index in [9.17, 15) is 18.3 Å². The Bertz CT molecular complexity index is 1460. The minimum Gasteiger partial charge on any atom is -0.483 e. The molecule has 220 valence electrons. The third-order valence-electron chi connectivity index (χ3n) is 9.61. The quantitative estimate of drug-likeness (QED) is 0.274. The van der Waals surface area contributed by atoms with Crippen molar-refractivity contribution in [1.29, 1.82) is 0 Å². The Balaban J connectivity index is 1.49. The van der Waals surface area contributed by atoms with Gasteiger partial charge in [-0.25, -0.2) is 8.42 Å². The summed E-state index contributed by atoms with van der Waals surface area (Å²) in [6, 6.07) is 12.4. The number of likely N-dealkylation sites (tertiary alicyclic amines) is 1. The van der Waals surface area contributed by atoms with Gasteiger partial charge >= 0.3 is 5.97 Å². The number of hydrogen-bond acceptors (Lipinski definition) is 7. The topological polar surface area (TPSA) is 96.4 Å². The van der Waals surface area contributed by atoms with Crippen LogP contribution in [0.4, 0.5) is 0 Å². The molecule has 2 bridgehead atoms. The number of benzene rings is 2. The van der Waals surface area contributed by atoms with Crippen molar-refractivity contribution in [2.24, 2.45) is 5.92 Å². The summed E-state index contributed by atoms with van der Waals surface area (Å²) in [6.07, 6.45) is 3.41. The van der Waals surface area contributed by atoms with E-state index in [2.05, 4.69) is 11.5 Å². The number of carbonyl (C=O) groups excluding carboxylic acids is 1. The van der Waals surface area contributed by atoms with Gasteiger partial charge in [-0.2, -0.15) is 4.31 Å². The van der Waals surface area contributed by atoms with Gasteiger partial charge in [0.1, 0.15) is 6.10 Å². The van der Waals surface area contributed by atoms with Gasteiger partial charge in [-0.15, -0.1) is 6.58 Å². The summed E-state index contributed by atoms with van der Waals surface area (Å²) < 4.78 is 42.4. The maximum Gasteiger partial charge on any atom is 0.308 e. The molecule has 1 saturated heterocycles. The van der Waals surface area contributed by atoms with Crippen LogP contribution >= 0.6 is 0 Å². The van der Waals surface area contributed by atoms with Crippen LogP contribution in [0.1, 0.15) is 56.7 Å². The summed E-state index contributed by atoms with van der Waals surface area (Å²) >= 11 is 0. The number of carbonyl (C=O) groups is 1. The molecule has 5 atom stereocenters. The smallest absolute Gasteiger partial charge is 0.308 e. The van der Waals surface area contributed by atoms with Gasteiger partial charge in [-0.1, -0.05) is 56.3 Å². The Kier molecular flexibility index (Phi) is 7.08. The molecule has 1 N–H and O–H groups in total. The largest absolute Gasteiger partial charge is 0.483 e. The SMILES string of the molecule is C=CCN1CC[C@]23c4c5ccc(OC(C)=O)c4O[C@H]2[C@H](N(CC(C)C)S(=O)(=O)Cc2ccccc2)CC[C@@]3(O)[C@H]1C5. The minimum absolute atomic E-state index is 0.0864. The predicted octanol–water partition coefficient (Wildman–Crippen LogP) is 3.81. The van der Waals surface area contributed by atoms with Crippen LogP contribution in [-0.2, 0) is 32.4 Å². The second-order valence-electron chi connectivity index (χ2n) is 12.5. The molecule has 0 aromatic heterocycles. The first-order chi connectivity index (χ1) is 19.5. The zero-order valence-electron chi connectivity index (χ0n) is 24.1. The molecular weight excluding hydrogens is 540 g/mol. The van der Waals surface area contributed by atoms with Gasteiger partial charge < -0.3 is 14.6 Å². The van der Waals surface area contributed by atoms with E-state index in [4.69, 9.17) is 9.47 Å². The van der Waals surface area contributed by atoms with Crippen molar-refractivity contribution in [2.45, 2.75) is 81.4 Å². The minimum atomic E-state index is -3.74. The van der Waals surface area contributed by atoms with E-state index in [1.165, 1.54) is 6.92 Å². The van der Waals surface area contributed by atoms with Crippen LogP contribution < -0.4 is 9.47 Å². The van der Waals surface area contributed by atoms with Crippen molar-refractivity contribution in [3.63, 3.8) is 0 Å². The summed E-state index contributed by atoms with van der Waals surface area (Å²) in [4.78, 5) is 14.3. The molecule has 2 heterocycles. The van der Waals surface area contributed by atoms with Gasteiger partial charge in [0.2, 0.25) is 10.0 Å². The van der Waals surface area contributed by atoms with Crippen molar-refractivity contribution >= 4 is 16.0 Å². The van der Waals surface area contributed by atoms with E-state index < -0.39 is 39.2 Å². The lowest BCUT2D eigenvalue weighted by molar-refractivity contribution is -0.194. The fraction of sp³-hybridized carbons (Fsp3) is 0.531. The molecule has 9 heteroatoms. The molecule has 1 spiro atoms. The normalized spacial score (nSPS) is 30.1. The standard InChI is InChI=1S/C32H40N2O6S/c1-5-16-33-17-15-31-28-24-11-12-26(39-22(4)35)29(28)40-30(31)25(13-14-32(31,36)27(33)18-24)34(19-21(2)3)41(37,38)20-23-9-7-6-8-10-23/h5-12,21,25,27,30,36H,1,13-20H2,2-4H3/t25-,27-,30+,31+,32-/m1/s1. The van der Waals surface area contributed by atoms with Crippen LogP contribution in [0.5, 0.6) is 11.5 Å². The molecule has 1 saturated carbocycles. The molecule has 6 rings (SSSR count). The molecule has 0 radical (unpaired) electrons. The molecule has 41 heavy (non-hydrogen) atoms. The van der Waals surface area contributed by atoms with E-state index in [0.29, 0.717) is 50.3 Å². The lowest BCUT2D eigenvalue weighted by Crippen LogP contribution is -2.78. The third kappa shape index (κ3) is 4.35. The van der Waals surface area contributed by atoms with Gasteiger partial charge in [0.25, 0.3) is 0 Å². The van der Waals surface area contributed by atoms with Gasteiger partial charge in [0, 0.05) is 31.6 Å². The van der Waals surface area contributed by atoms with E-state index in [1.54, 1.807) is 10.4 Å². The van der Waals surface area contributed by atoms with Gasteiger partial charge in [-0.3, -0.25) is 9.69 Å². The van der Waals surface area contributed by atoms with E-state index in [1.807, 2.05) is 56.3 Å². The number of rotatable bonds is 9. The molecule has 4 aliphatic rings. The third-order valence-corrected chi connectivity index (χ3v) is 11.4. The maximum absolute atomic E-state index is 14.2. The molecule has 8 nitrogen and oxygen atoms in total. The van der Waals surface area contributed by atoms with E-state index in [-0.39, 0.29) is 17.7 Å². The van der Waals surface area contributed by atoms with Crippen LogP contribution in [0.25, 0.3) is 0 Å². The number of nitrogens with zero attached hydrogens (tertiary/aromatic N) is 2. The molecule has 2 aromatic rings. The average molecular weight is 581 g/mol. The lowest BCUT2D eigenvalue weighted by Gasteiger charge is -2.64. The number of ether oxygens (including phenoxy) is 2. The summed E-state index contributed by atoms with van der Waals surface area (Å²) in [5, 5.41) is 12.8. The second-order valence-corrected chi connectivity index (χ2v) is 14.4. The maximum atomic E-state index is 14.2. The van der Waals surface area contributed by atoms with Crippen LogP contribution in [0.2, 0.25) is 0 Å². The number of hydrogen-bond donors (Lipinski definition) is 1. The van der Waals surface area contributed by atoms with Crippen LogP contribution in [0.3, 0.4) is 0 Å². The Labute approximate surface area is 243 Å². The van der Waals surface area contributed by atoms with Crippen molar-refractivity contribution in [3.05, 3.63) is 71.8 Å². The van der Waals surface area contributed by atoms with Crippen molar-refractivity contribution in [1.82, 2.24) is 9.21 Å². The Morgan fingerprint density at radius 1 is 1.24 bits per heavy atom. The number of esters is 1. The highest BCUT2D eigenvalue weighted by Gasteiger charge is 2.73. The predicted molar refractivity (Wildman–Crippen MR) is 156 cm³/mol. The fourth-order valence-electron chi connectivity index (χ4n) is 8.19. The van der Waals surface area contributed by atoms with Gasteiger partial charge in [-0.05, 0) is 55.3 Å². The molecule has 2 fully saturated rings.